The number of hydrogen-bond acceptors (Lipinski definition) is 18. The van der Waals surface area contributed by atoms with E-state index >= 15 is 0 Å². The van der Waals surface area contributed by atoms with E-state index in [-0.39, 0.29) is 16.7 Å². The van der Waals surface area contributed by atoms with Crippen LogP contribution in [-0.2, 0) is 20.1 Å². The number of anilines is 9. The third kappa shape index (κ3) is 12.5. The number of aromatic nitrogens is 12. The Kier molecular flexibility index (Phi) is 17.9. The largest absolute Gasteiger partial charge is 0.369 e. The molecule has 9 aromatic heterocycles. The van der Waals surface area contributed by atoms with Gasteiger partial charge < -0.3 is 59.1 Å². The molecule has 0 atom stereocenters. The van der Waals surface area contributed by atoms with Crippen LogP contribution in [0, 0.1) is 13.8 Å². The Morgan fingerprint density at radius 3 is 1.13 bits per heavy atom. The lowest BCUT2D eigenvalue weighted by Crippen LogP contribution is -2.46. The van der Waals surface area contributed by atoms with Gasteiger partial charge in [-0.3, -0.25) is 27.6 Å². The van der Waals surface area contributed by atoms with Gasteiger partial charge >= 0.3 is 0 Å². The molecule has 0 saturated carbocycles. The van der Waals surface area contributed by atoms with E-state index in [4.69, 9.17) is 15.0 Å². The second kappa shape index (κ2) is 27.9. The monoisotopic (exact) mass is 1390 g/mol. The van der Waals surface area contributed by atoms with Crippen LogP contribution >= 0.6 is 0 Å². The van der Waals surface area contributed by atoms with Crippen molar-refractivity contribution in [3.8, 4) is 0 Å². The van der Waals surface area contributed by atoms with Gasteiger partial charge in [0.05, 0.1) is 35.1 Å². The van der Waals surface area contributed by atoms with E-state index in [9.17, 15) is 14.4 Å². The topological polar surface area (TPSA) is 212 Å². The first kappa shape index (κ1) is 66.8. The van der Waals surface area contributed by atoms with Crippen LogP contribution in [0.3, 0.4) is 0 Å². The van der Waals surface area contributed by atoms with Gasteiger partial charge in [0, 0.05) is 149 Å². The first-order valence-corrected chi connectivity index (χ1v) is 36.0. The standard InChI is InChI=1S/2C27H29N7O.C26H27N7O/c1-4-32-11-13-33(14-12-32)21-10-9-20(15-18(21)2)29-27-28-17-24-25(30-27)34-22-8-6-5-7-19(22)16-23(34)26(35)31(24)3;1-4-33-24-17-28-27(29-20-9-10-21(18(2)15-20)32-13-11-31(3)12-14-32)30-25(24)34-22-8-6-5-7-19(22)16-23(34)26(33)35;1-3-32-23-17-27-26(28-19-8-10-20(11-9-19)31-14-12-30(2)13-15-31)29-24(23)33-21-7-5-4-6-18(21)16-22(33)25(32)34/h2*5-10,15-17H,4,11-14H2,1-3H3,(H,28,29,30);4-11,16-17H,3,12-15H2,1-2H3,(H,27,28,29). The molecule has 6 aromatic carbocycles. The zero-order valence-electron chi connectivity index (χ0n) is 60.0. The van der Waals surface area contributed by atoms with Gasteiger partial charge in [-0.1, -0.05) is 61.5 Å². The molecule has 0 unspecified atom stereocenters. The fourth-order valence-electron chi connectivity index (χ4n) is 15.2. The average molecular weight is 1390 g/mol. The molecule has 12 heterocycles. The number of nitrogens with zero attached hydrogens (tertiary/aromatic N) is 18. The van der Waals surface area contributed by atoms with Crippen LogP contribution in [-0.4, -0.2) is 171 Å². The average Bonchev–Trinajstić information content (AvgIpc) is 1.57. The van der Waals surface area contributed by atoms with Crippen molar-refractivity contribution in [2.24, 2.45) is 7.05 Å². The second-order valence-corrected chi connectivity index (χ2v) is 27.4. The molecule has 0 aliphatic carbocycles. The summed E-state index contributed by atoms with van der Waals surface area (Å²) in [5.41, 5.74) is 17.9. The van der Waals surface area contributed by atoms with Crippen molar-refractivity contribution in [2.45, 2.75) is 47.7 Å². The minimum atomic E-state index is -0.0657. The molecule has 3 aliphatic heterocycles. The summed E-state index contributed by atoms with van der Waals surface area (Å²) in [4.78, 5) is 82.1. The fourth-order valence-corrected chi connectivity index (χ4v) is 15.2. The lowest BCUT2D eigenvalue weighted by Gasteiger charge is -2.36. The normalized spacial score (nSPS) is 14.9. The van der Waals surface area contributed by atoms with Gasteiger partial charge in [0.2, 0.25) is 17.8 Å². The Bertz CT molecular complexity index is 5970. The molecular weight excluding hydrogens is 1300 g/mol. The molecular formula is C80H85N21O3. The number of aryl methyl sites for hydroxylation is 5. The number of nitrogens with one attached hydrogen (secondary N) is 3. The van der Waals surface area contributed by atoms with Gasteiger partial charge in [-0.25, -0.2) is 15.0 Å². The molecule has 15 aromatic rings. The van der Waals surface area contributed by atoms with Crippen LogP contribution in [0.25, 0.3) is 82.8 Å². The predicted octanol–water partition coefficient (Wildman–Crippen LogP) is 11.7. The molecule has 3 aliphatic rings. The fraction of sp³-hybridized carbons (Fsp3) is 0.287. The number of fused-ring (bicyclic) bond motifs is 15. The van der Waals surface area contributed by atoms with Crippen molar-refractivity contribution >= 4 is 135 Å². The lowest BCUT2D eigenvalue weighted by molar-refractivity contribution is 0.271. The highest BCUT2D eigenvalue weighted by Crippen LogP contribution is 2.32. The van der Waals surface area contributed by atoms with E-state index in [2.05, 4.69) is 156 Å². The molecule has 0 bridgehead atoms. The van der Waals surface area contributed by atoms with Crippen molar-refractivity contribution in [3.63, 3.8) is 0 Å². The van der Waals surface area contributed by atoms with E-state index in [0.29, 0.717) is 69.9 Å². The lowest BCUT2D eigenvalue weighted by atomic mass is 10.1. The molecule has 528 valence electrons. The highest BCUT2D eigenvalue weighted by atomic mass is 16.1. The van der Waals surface area contributed by atoms with Gasteiger partial charge in [-0.15, -0.1) is 0 Å². The molecule has 24 heteroatoms. The highest BCUT2D eigenvalue weighted by molar-refractivity contribution is 5.95. The SMILES string of the molecule is CCN1CCN(c2ccc(Nc3ncc4c(n3)n3c(cc5ccccc53)c(=O)n4C)cc2C)CC1.CCn1c(=O)c2cc3ccccc3n2c2nc(Nc3ccc(N4CCN(C)CC4)c(C)c3)ncc21.CCn1c(=O)c2cc3ccccc3n2c2nc(Nc3ccc(N4CCN(C)CC4)cc3)ncc21. The number of hydrogen-bond donors (Lipinski definition) is 3. The maximum Gasteiger partial charge on any atom is 0.275 e. The van der Waals surface area contributed by atoms with E-state index in [1.54, 1.807) is 39.3 Å². The summed E-state index contributed by atoms with van der Waals surface area (Å²) in [5.74, 6) is 1.50. The molecule has 0 spiro atoms. The minimum absolute atomic E-state index is 0.0318. The summed E-state index contributed by atoms with van der Waals surface area (Å²) < 4.78 is 10.9. The minimum Gasteiger partial charge on any atom is -0.369 e. The van der Waals surface area contributed by atoms with E-state index in [0.717, 1.165) is 146 Å². The van der Waals surface area contributed by atoms with Crippen LogP contribution in [0.1, 0.15) is 31.9 Å². The number of rotatable bonds is 12. The van der Waals surface area contributed by atoms with Crippen LogP contribution in [0.5, 0.6) is 0 Å². The molecule has 18 rings (SSSR count). The predicted molar refractivity (Wildman–Crippen MR) is 422 cm³/mol. The molecule has 24 nitrogen and oxygen atoms in total. The van der Waals surface area contributed by atoms with E-state index in [1.165, 1.54) is 28.2 Å². The quantitative estimate of drug-likeness (QED) is 0.104. The van der Waals surface area contributed by atoms with E-state index < -0.39 is 0 Å². The smallest absolute Gasteiger partial charge is 0.275 e. The Balaban J connectivity index is 0.000000120. The molecule has 104 heavy (non-hydrogen) atoms. The second-order valence-electron chi connectivity index (χ2n) is 27.4. The zero-order chi connectivity index (χ0) is 71.4. The van der Waals surface area contributed by atoms with E-state index in [1.807, 2.05) is 118 Å². The van der Waals surface area contributed by atoms with Crippen molar-refractivity contribution in [1.82, 2.24) is 71.5 Å². The number of benzene rings is 6. The zero-order valence-corrected chi connectivity index (χ0v) is 60.0. The molecule has 3 saturated heterocycles. The summed E-state index contributed by atoms with van der Waals surface area (Å²) in [5, 5.41) is 13.1. The third-order valence-corrected chi connectivity index (χ3v) is 20.9. The van der Waals surface area contributed by atoms with Crippen LogP contribution in [0.15, 0.2) is 185 Å². The van der Waals surface area contributed by atoms with Crippen molar-refractivity contribution < 1.29 is 0 Å². The summed E-state index contributed by atoms with van der Waals surface area (Å²) >= 11 is 0. The van der Waals surface area contributed by atoms with Gasteiger partial charge in [-0.2, -0.15) is 15.0 Å². The first-order valence-electron chi connectivity index (χ1n) is 36.0. The van der Waals surface area contributed by atoms with Crippen LogP contribution in [0.2, 0.25) is 0 Å². The highest BCUT2D eigenvalue weighted by Gasteiger charge is 2.23. The molecule has 0 radical (unpaired) electrons. The maximum absolute atomic E-state index is 13.2. The Morgan fingerprint density at radius 2 is 0.721 bits per heavy atom. The van der Waals surface area contributed by atoms with Crippen LogP contribution < -0.4 is 47.3 Å². The summed E-state index contributed by atoms with van der Waals surface area (Å²) in [6.45, 7) is 25.5. The first-order chi connectivity index (χ1) is 50.7. The Labute approximate surface area is 600 Å². The number of para-hydroxylation sites is 3. The Morgan fingerprint density at radius 1 is 0.356 bits per heavy atom. The summed E-state index contributed by atoms with van der Waals surface area (Å²) in [6.07, 6.45) is 5.20. The van der Waals surface area contributed by atoms with Gasteiger partial charge in [0.25, 0.3) is 16.7 Å². The van der Waals surface area contributed by atoms with Gasteiger partial charge in [0.1, 0.15) is 33.1 Å². The van der Waals surface area contributed by atoms with Crippen molar-refractivity contribution in [2.75, 3.05) is 130 Å². The number of piperazine rings is 3. The number of likely N-dealkylation sites (N-methyl/N-ethyl adjacent to an activating group) is 3. The van der Waals surface area contributed by atoms with Gasteiger partial charge in [0.15, 0.2) is 16.9 Å². The summed E-state index contributed by atoms with van der Waals surface area (Å²) in [7, 11) is 6.10. The van der Waals surface area contributed by atoms with Crippen LogP contribution in [0.4, 0.5) is 52.0 Å². The third-order valence-electron chi connectivity index (χ3n) is 20.9. The molecule has 0 amide bonds. The molecule has 3 N–H and O–H groups in total. The van der Waals surface area contributed by atoms with Crippen molar-refractivity contribution in [3.05, 3.63) is 212 Å². The summed E-state index contributed by atoms with van der Waals surface area (Å²) in [6, 6.07) is 51.0. The maximum atomic E-state index is 13.2. The Hall–Kier alpha value is -11.7. The molecule has 3 fully saturated rings. The van der Waals surface area contributed by atoms with Crippen molar-refractivity contribution in [1.29, 1.82) is 0 Å². The van der Waals surface area contributed by atoms with Gasteiger partial charge in [-0.05, 0) is 157 Å².